The third kappa shape index (κ3) is 4.07. The van der Waals surface area contributed by atoms with E-state index in [0.717, 1.165) is 5.56 Å². The summed E-state index contributed by atoms with van der Waals surface area (Å²) < 4.78 is 44.6. The highest BCUT2D eigenvalue weighted by molar-refractivity contribution is 8.14. The molecule has 0 atom stereocenters. The van der Waals surface area contributed by atoms with Crippen molar-refractivity contribution >= 4 is 29.6 Å². The lowest BCUT2D eigenvalue weighted by molar-refractivity contribution is 0.589. The summed E-state index contributed by atoms with van der Waals surface area (Å²) in [5.41, 5.74) is 0.738. The van der Waals surface area contributed by atoms with Crippen molar-refractivity contribution in [2.75, 3.05) is 11.5 Å². The second-order valence-electron chi connectivity index (χ2n) is 3.23. The molecule has 0 aliphatic carbocycles. The molecule has 1 aromatic rings. The van der Waals surface area contributed by atoms with Gasteiger partial charge < -0.3 is 0 Å². The van der Waals surface area contributed by atoms with Gasteiger partial charge in [-0.15, -0.1) is 0 Å². The highest BCUT2D eigenvalue weighted by Gasteiger charge is 2.19. The fourth-order valence-corrected chi connectivity index (χ4v) is 4.03. The molecule has 0 N–H and O–H groups in total. The van der Waals surface area contributed by atoms with E-state index in [1.165, 1.54) is 12.3 Å². The Labute approximate surface area is 98.8 Å². The van der Waals surface area contributed by atoms with E-state index in [1.807, 2.05) is 0 Å². The number of pyridine rings is 1. The van der Waals surface area contributed by atoms with Gasteiger partial charge in [0.05, 0.1) is 11.5 Å². The van der Waals surface area contributed by atoms with Crippen LogP contribution in [0.5, 0.6) is 0 Å². The maximum Gasteiger partial charge on any atom is 0.233 e. The third-order valence-electron chi connectivity index (χ3n) is 1.80. The number of rotatable bonds is 4. The Morgan fingerprint density at radius 1 is 1.25 bits per heavy atom. The standard InChI is InChI=1S/C8H10ClNO4S2/c1-7-2-3-10-8(6-7)15(11,12)4-5-16(9,13)14/h2-3,6H,4-5H2,1H3. The Morgan fingerprint density at radius 3 is 2.38 bits per heavy atom. The lowest BCUT2D eigenvalue weighted by Gasteiger charge is -2.02. The molecule has 8 heteroatoms. The molecule has 0 saturated heterocycles. The Bertz CT molecular complexity index is 580. The van der Waals surface area contributed by atoms with Gasteiger partial charge in [-0.05, 0) is 24.6 Å². The molecule has 16 heavy (non-hydrogen) atoms. The van der Waals surface area contributed by atoms with Gasteiger partial charge in [0, 0.05) is 16.9 Å². The van der Waals surface area contributed by atoms with Crippen LogP contribution in [-0.2, 0) is 18.9 Å². The molecule has 1 rings (SSSR count). The average Bonchev–Trinajstić information content (AvgIpc) is 2.14. The summed E-state index contributed by atoms with van der Waals surface area (Å²) in [5, 5.41) is -0.132. The predicted molar refractivity (Wildman–Crippen MR) is 60.7 cm³/mol. The molecule has 0 aliphatic rings. The van der Waals surface area contributed by atoms with Crippen molar-refractivity contribution in [3.8, 4) is 0 Å². The fourth-order valence-electron chi connectivity index (χ4n) is 0.992. The highest BCUT2D eigenvalue weighted by atomic mass is 35.7. The number of hydrogen-bond acceptors (Lipinski definition) is 5. The van der Waals surface area contributed by atoms with Crippen LogP contribution in [0.2, 0.25) is 0 Å². The van der Waals surface area contributed by atoms with Crippen LogP contribution in [0, 0.1) is 6.92 Å². The van der Waals surface area contributed by atoms with Gasteiger partial charge in [-0.1, -0.05) is 0 Å². The molecule has 0 fully saturated rings. The second kappa shape index (κ2) is 4.68. The summed E-state index contributed by atoms with van der Waals surface area (Å²) in [6.45, 7) is 1.72. The smallest absolute Gasteiger partial charge is 0.233 e. The molecule has 1 heterocycles. The topological polar surface area (TPSA) is 81.2 Å². The molecular weight excluding hydrogens is 274 g/mol. The van der Waals surface area contributed by atoms with Gasteiger partial charge in [0.15, 0.2) is 14.9 Å². The number of aryl methyl sites for hydroxylation is 1. The summed E-state index contributed by atoms with van der Waals surface area (Å²) in [6, 6.07) is 3.04. The van der Waals surface area contributed by atoms with E-state index < -0.39 is 30.4 Å². The van der Waals surface area contributed by atoms with Gasteiger partial charge in [0.2, 0.25) is 9.05 Å². The molecule has 0 aromatic carbocycles. The number of aromatic nitrogens is 1. The van der Waals surface area contributed by atoms with E-state index in [9.17, 15) is 16.8 Å². The van der Waals surface area contributed by atoms with Gasteiger partial charge in [0.25, 0.3) is 0 Å². The fraction of sp³-hybridized carbons (Fsp3) is 0.375. The van der Waals surface area contributed by atoms with Crippen LogP contribution in [0.15, 0.2) is 23.4 Å². The van der Waals surface area contributed by atoms with Crippen molar-refractivity contribution in [1.29, 1.82) is 0 Å². The van der Waals surface area contributed by atoms with Gasteiger partial charge in [-0.25, -0.2) is 21.8 Å². The Balaban J connectivity index is 2.95. The van der Waals surface area contributed by atoms with E-state index >= 15 is 0 Å². The first-order valence-corrected chi connectivity index (χ1v) is 8.41. The molecule has 0 bridgehead atoms. The second-order valence-corrected chi connectivity index (χ2v) is 8.19. The van der Waals surface area contributed by atoms with Gasteiger partial charge in [-0.3, -0.25) is 0 Å². The van der Waals surface area contributed by atoms with Crippen molar-refractivity contribution < 1.29 is 16.8 Å². The summed E-state index contributed by atoms with van der Waals surface area (Å²) in [4.78, 5) is 3.69. The maximum absolute atomic E-state index is 11.6. The summed E-state index contributed by atoms with van der Waals surface area (Å²) in [5.74, 6) is -1.18. The average molecular weight is 284 g/mol. The molecule has 0 aliphatic heterocycles. The molecule has 0 radical (unpaired) electrons. The zero-order valence-electron chi connectivity index (χ0n) is 8.42. The van der Waals surface area contributed by atoms with Crippen LogP contribution in [0.3, 0.4) is 0 Å². The molecule has 1 aromatic heterocycles. The van der Waals surface area contributed by atoms with E-state index in [4.69, 9.17) is 10.7 Å². The largest absolute Gasteiger partial charge is 0.245 e. The number of sulfone groups is 1. The summed E-state index contributed by atoms with van der Waals surface area (Å²) in [7, 11) is -2.56. The van der Waals surface area contributed by atoms with Gasteiger partial charge in [0.1, 0.15) is 0 Å². The van der Waals surface area contributed by atoms with Crippen molar-refractivity contribution in [1.82, 2.24) is 4.98 Å². The summed E-state index contributed by atoms with van der Waals surface area (Å²) in [6.07, 6.45) is 1.36. The molecular formula is C8H10ClNO4S2. The number of nitrogens with zero attached hydrogens (tertiary/aromatic N) is 1. The normalized spacial score (nSPS) is 12.6. The van der Waals surface area contributed by atoms with E-state index in [1.54, 1.807) is 13.0 Å². The molecule has 5 nitrogen and oxygen atoms in total. The van der Waals surface area contributed by atoms with Crippen LogP contribution in [0.1, 0.15) is 5.56 Å². The van der Waals surface area contributed by atoms with Gasteiger partial charge in [-0.2, -0.15) is 0 Å². The zero-order valence-corrected chi connectivity index (χ0v) is 10.8. The minimum absolute atomic E-state index is 0.132. The maximum atomic E-state index is 11.6. The quantitative estimate of drug-likeness (QED) is 0.761. The number of halogens is 1. The number of hydrogen-bond donors (Lipinski definition) is 0. The minimum atomic E-state index is -3.81. The lowest BCUT2D eigenvalue weighted by atomic mass is 10.3. The van der Waals surface area contributed by atoms with Crippen LogP contribution in [0.4, 0.5) is 0 Å². The predicted octanol–water partition coefficient (Wildman–Crippen LogP) is 0.732. The van der Waals surface area contributed by atoms with Crippen LogP contribution in [-0.4, -0.2) is 33.3 Å². The molecule has 0 saturated carbocycles. The Hall–Kier alpha value is -0.660. The third-order valence-corrected chi connectivity index (χ3v) is 4.82. The van der Waals surface area contributed by atoms with Crippen molar-refractivity contribution in [2.45, 2.75) is 11.9 Å². The molecule has 0 spiro atoms. The van der Waals surface area contributed by atoms with Crippen molar-refractivity contribution in [3.63, 3.8) is 0 Å². The minimum Gasteiger partial charge on any atom is -0.245 e. The molecule has 0 unspecified atom stereocenters. The highest BCUT2D eigenvalue weighted by Crippen LogP contribution is 2.10. The van der Waals surface area contributed by atoms with Crippen LogP contribution < -0.4 is 0 Å². The Kier molecular flexibility index (Phi) is 3.92. The van der Waals surface area contributed by atoms with Gasteiger partial charge >= 0.3 is 0 Å². The first-order chi connectivity index (χ1) is 7.21. The summed E-state index contributed by atoms with van der Waals surface area (Å²) >= 11 is 0. The first-order valence-electron chi connectivity index (χ1n) is 4.28. The van der Waals surface area contributed by atoms with E-state index in [0.29, 0.717) is 0 Å². The van der Waals surface area contributed by atoms with Crippen molar-refractivity contribution in [2.24, 2.45) is 0 Å². The monoisotopic (exact) mass is 283 g/mol. The lowest BCUT2D eigenvalue weighted by Crippen LogP contribution is -2.15. The van der Waals surface area contributed by atoms with E-state index in [2.05, 4.69) is 4.98 Å². The van der Waals surface area contributed by atoms with Crippen LogP contribution in [0.25, 0.3) is 0 Å². The SMILES string of the molecule is Cc1ccnc(S(=O)(=O)CCS(=O)(=O)Cl)c1. The molecule has 0 amide bonds. The molecule has 90 valence electrons. The van der Waals surface area contributed by atoms with Crippen LogP contribution >= 0.6 is 10.7 Å². The first kappa shape index (κ1) is 13.4. The Morgan fingerprint density at radius 2 is 1.88 bits per heavy atom. The van der Waals surface area contributed by atoms with Crippen molar-refractivity contribution in [3.05, 3.63) is 23.9 Å². The zero-order chi connectivity index (χ0) is 12.4. The van der Waals surface area contributed by atoms with E-state index in [-0.39, 0.29) is 5.03 Å².